The van der Waals surface area contributed by atoms with E-state index in [-0.39, 0.29) is 17.4 Å². The van der Waals surface area contributed by atoms with E-state index < -0.39 is 0 Å². The normalized spacial score (nSPS) is 16.1. The molecule has 0 unspecified atom stereocenters. The zero-order chi connectivity index (χ0) is 16.7. The van der Waals surface area contributed by atoms with Gasteiger partial charge in [-0.25, -0.2) is 0 Å². The number of hydrogen-bond donors (Lipinski definition) is 3. The molecule has 0 aromatic heterocycles. The van der Waals surface area contributed by atoms with Crippen LogP contribution < -0.4 is 16.0 Å². The molecule has 1 saturated carbocycles. The number of nitrogens with zero attached hydrogens (tertiary/aromatic N) is 1. The maximum Gasteiger partial charge on any atom is 0.221 e. The Morgan fingerprint density at radius 3 is 2.48 bits per heavy atom. The molecule has 3 N–H and O–H groups in total. The molecule has 0 atom stereocenters. The van der Waals surface area contributed by atoms with Gasteiger partial charge in [-0.1, -0.05) is 30.3 Å². The third-order valence-electron chi connectivity index (χ3n) is 4.15. The van der Waals surface area contributed by atoms with Crippen molar-refractivity contribution in [1.82, 2.24) is 16.0 Å². The Hall–Kier alpha value is -2.04. The van der Waals surface area contributed by atoms with Crippen molar-refractivity contribution >= 4 is 11.9 Å². The first kappa shape index (κ1) is 17.3. The summed E-state index contributed by atoms with van der Waals surface area (Å²) >= 11 is 0. The topological polar surface area (TPSA) is 65.5 Å². The SMILES string of the molecule is CN=C(NCCC(=O)NC(C)C)NCC1(c2ccccc2)CC1. The highest BCUT2D eigenvalue weighted by Crippen LogP contribution is 2.47. The highest BCUT2D eigenvalue weighted by molar-refractivity contribution is 5.81. The van der Waals surface area contributed by atoms with Gasteiger partial charge in [0.05, 0.1) is 0 Å². The largest absolute Gasteiger partial charge is 0.356 e. The van der Waals surface area contributed by atoms with E-state index in [2.05, 4.69) is 51.3 Å². The zero-order valence-corrected chi connectivity index (χ0v) is 14.4. The average Bonchev–Trinajstić information content (AvgIpc) is 3.32. The van der Waals surface area contributed by atoms with E-state index in [0.29, 0.717) is 13.0 Å². The minimum Gasteiger partial charge on any atom is -0.356 e. The molecule has 1 amide bonds. The molecule has 0 spiro atoms. The first-order valence-electron chi connectivity index (χ1n) is 8.35. The Kier molecular flexibility index (Phi) is 6.02. The number of guanidine groups is 1. The first-order valence-corrected chi connectivity index (χ1v) is 8.35. The number of nitrogens with one attached hydrogen (secondary N) is 3. The predicted molar refractivity (Wildman–Crippen MR) is 94.6 cm³/mol. The summed E-state index contributed by atoms with van der Waals surface area (Å²) in [6.45, 7) is 5.38. The fourth-order valence-electron chi connectivity index (χ4n) is 2.67. The van der Waals surface area contributed by atoms with Crippen molar-refractivity contribution in [2.24, 2.45) is 4.99 Å². The number of aliphatic imine (C=N–C) groups is 1. The van der Waals surface area contributed by atoms with Crippen molar-refractivity contribution in [3.8, 4) is 0 Å². The molecular formula is C18H28N4O. The van der Waals surface area contributed by atoms with Crippen LogP contribution in [0.2, 0.25) is 0 Å². The van der Waals surface area contributed by atoms with E-state index in [1.165, 1.54) is 18.4 Å². The monoisotopic (exact) mass is 316 g/mol. The van der Waals surface area contributed by atoms with Crippen LogP contribution in [0.15, 0.2) is 35.3 Å². The van der Waals surface area contributed by atoms with Gasteiger partial charge in [-0.3, -0.25) is 9.79 Å². The summed E-state index contributed by atoms with van der Waals surface area (Å²) in [7, 11) is 1.76. The van der Waals surface area contributed by atoms with Crippen LogP contribution in [0.1, 0.15) is 38.7 Å². The second-order valence-electron chi connectivity index (χ2n) is 6.47. The fraction of sp³-hybridized carbons (Fsp3) is 0.556. The van der Waals surface area contributed by atoms with Crippen molar-refractivity contribution in [3.05, 3.63) is 35.9 Å². The molecule has 5 heteroatoms. The van der Waals surface area contributed by atoms with Gasteiger partial charge in [0.2, 0.25) is 5.91 Å². The minimum atomic E-state index is 0.0610. The van der Waals surface area contributed by atoms with E-state index in [4.69, 9.17) is 0 Å². The van der Waals surface area contributed by atoms with E-state index in [1.807, 2.05) is 13.8 Å². The summed E-state index contributed by atoms with van der Waals surface area (Å²) in [4.78, 5) is 15.9. The van der Waals surface area contributed by atoms with Crippen LogP contribution in [0.5, 0.6) is 0 Å². The molecule has 0 heterocycles. The van der Waals surface area contributed by atoms with Gasteiger partial charge in [0, 0.05) is 38.0 Å². The van der Waals surface area contributed by atoms with Gasteiger partial charge >= 0.3 is 0 Å². The molecular weight excluding hydrogens is 288 g/mol. The highest BCUT2D eigenvalue weighted by Gasteiger charge is 2.43. The van der Waals surface area contributed by atoms with Crippen molar-refractivity contribution in [1.29, 1.82) is 0 Å². The average molecular weight is 316 g/mol. The molecule has 1 aromatic carbocycles. The number of amides is 1. The first-order chi connectivity index (χ1) is 11.1. The van der Waals surface area contributed by atoms with Crippen molar-refractivity contribution in [3.63, 3.8) is 0 Å². The lowest BCUT2D eigenvalue weighted by molar-refractivity contribution is -0.121. The maximum atomic E-state index is 11.6. The third-order valence-corrected chi connectivity index (χ3v) is 4.15. The molecule has 0 aliphatic heterocycles. The Morgan fingerprint density at radius 2 is 1.91 bits per heavy atom. The summed E-state index contributed by atoms with van der Waals surface area (Å²) < 4.78 is 0. The van der Waals surface area contributed by atoms with E-state index in [0.717, 1.165) is 12.5 Å². The highest BCUT2D eigenvalue weighted by atomic mass is 16.1. The molecule has 1 fully saturated rings. The number of carbonyl (C=O) groups is 1. The van der Waals surface area contributed by atoms with Gasteiger partial charge < -0.3 is 16.0 Å². The number of hydrogen-bond acceptors (Lipinski definition) is 2. The minimum absolute atomic E-state index is 0.0610. The molecule has 0 radical (unpaired) electrons. The maximum absolute atomic E-state index is 11.6. The lowest BCUT2D eigenvalue weighted by Gasteiger charge is -2.19. The van der Waals surface area contributed by atoms with Crippen LogP contribution in [0.4, 0.5) is 0 Å². The van der Waals surface area contributed by atoms with Crippen LogP contribution in [-0.2, 0) is 10.2 Å². The molecule has 2 rings (SSSR count). The van der Waals surface area contributed by atoms with Gasteiger partial charge in [-0.15, -0.1) is 0 Å². The summed E-state index contributed by atoms with van der Waals surface area (Å²) in [5.41, 5.74) is 1.63. The molecule has 1 aliphatic carbocycles. The van der Waals surface area contributed by atoms with Gasteiger partial charge in [-0.05, 0) is 32.3 Å². The smallest absolute Gasteiger partial charge is 0.221 e. The van der Waals surface area contributed by atoms with Gasteiger partial charge in [-0.2, -0.15) is 0 Å². The number of benzene rings is 1. The third kappa shape index (κ3) is 5.27. The van der Waals surface area contributed by atoms with Gasteiger partial charge in [0.15, 0.2) is 5.96 Å². The molecule has 1 aliphatic rings. The standard InChI is InChI=1S/C18H28N4O/c1-14(2)22-16(23)9-12-20-17(19-3)21-13-18(10-11-18)15-7-5-4-6-8-15/h4-8,14H,9-13H2,1-3H3,(H,22,23)(H2,19,20,21). The molecule has 23 heavy (non-hydrogen) atoms. The van der Waals surface area contributed by atoms with Crippen LogP contribution in [0.25, 0.3) is 0 Å². The zero-order valence-electron chi connectivity index (χ0n) is 14.4. The van der Waals surface area contributed by atoms with Crippen LogP contribution in [0, 0.1) is 0 Å². The Morgan fingerprint density at radius 1 is 1.22 bits per heavy atom. The fourth-order valence-corrected chi connectivity index (χ4v) is 2.67. The Labute approximate surface area is 139 Å². The summed E-state index contributed by atoms with van der Waals surface area (Å²) in [5.74, 6) is 0.815. The molecule has 126 valence electrons. The lowest BCUT2D eigenvalue weighted by atomic mass is 9.96. The van der Waals surface area contributed by atoms with Crippen LogP contribution in [-0.4, -0.2) is 38.0 Å². The van der Waals surface area contributed by atoms with Gasteiger partial charge in [0.1, 0.15) is 0 Å². The van der Waals surface area contributed by atoms with Crippen molar-refractivity contribution in [2.75, 3.05) is 20.1 Å². The second kappa shape index (κ2) is 7.99. The lowest BCUT2D eigenvalue weighted by Crippen LogP contribution is -2.42. The van der Waals surface area contributed by atoms with E-state index in [9.17, 15) is 4.79 Å². The van der Waals surface area contributed by atoms with E-state index >= 15 is 0 Å². The summed E-state index contributed by atoms with van der Waals surface area (Å²) in [6.07, 6.45) is 2.86. The molecule has 0 bridgehead atoms. The predicted octanol–water partition coefficient (Wildman–Crippen LogP) is 1.80. The summed E-state index contributed by atoms with van der Waals surface area (Å²) in [5, 5.41) is 9.48. The van der Waals surface area contributed by atoms with Crippen LogP contribution in [0.3, 0.4) is 0 Å². The Bertz CT molecular complexity index is 535. The number of rotatable bonds is 7. The summed E-state index contributed by atoms with van der Waals surface area (Å²) in [6, 6.07) is 10.8. The van der Waals surface area contributed by atoms with Crippen molar-refractivity contribution < 1.29 is 4.79 Å². The quantitative estimate of drug-likeness (QED) is 0.531. The second-order valence-corrected chi connectivity index (χ2v) is 6.47. The molecule has 1 aromatic rings. The van der Waals surface area contributed by atoms with Crippen LogP contribution >= 0.6 is 0 Å². The van der Waals surface area contributed by atoms with E-state index in [1.54, 1.807) is 7.05 Å². The van der Waals surface area contributed by atoms with Crippen molar-refractivity contribution in [2.45, 2.75) is 44.6 Å². The molecule has 5 nitrogen and oxygen atoms in total. The molecule has 0 saturated heterocycles. The number of carbonyl (C=O) groups excluding carboxylic acids is 1. The van der Waals surface area contributed by atoms with Gasteiger partial charge in [0.25, 0.3) is 0 Å². The Balaban J connectivity index is 1.75.